The zero-order valence-electron chi connectivity index (χ0n) is 11.4. The van der Waals surface area contributed by atoms with Crippen molar-refractivity contribution in [1.29, 1.82) is 0 Å². The van der Waals surface area contributed by atoms with Crippen LogP contribution in [0.5, 0.6) is 0 Å². The summed E-state index contributed by atoms with van der Waals surface area (Å²) < 4.78 is 2.17. The highest BCUT2D eigenvalue weighted by Crippen LogP contribution is 2.30. The molecule has 2 rings (SSSR count). The van der Waals surface area contributed by atoms with Gasteiger partial charge in [0.05, 0.1) is 6.54 Å². The summed E-state index contributed by atoms with van der Waals surface area (Å²) in [7, 11) is 0. The van der Waals surface area contributed by atoms with Crippen LogP contribution >= 0.6 is 11.8 Å². The van der Waals surface area contributed by atoms with Gasteiger partial charge in [-0.25, -0.2) is 0 Å². The molecule has 0 bridgehead atoms. The summed E-state index contributed by atoms with van der Waals surface area (Å²) in [6.45, 7) is 4.79. The summed E-state index contributed by atoms with van der Waals surface area (Å²) in [5, 5.41) is 9.51. The summed E-state index contributed by atoms with van der Waals surface area (Å²) in [5.74, 6) is 2.94. The van der Waals surface area contributed by atoms with Crippen LogP contribution < -0.4 is 5.73 Å². The van der Waals surface area contributed by atoms with Gasteiger partial charge in [0.15, 0.2) is 5.16 Å². The molecule has 0 radical (unpaired) electrons. The van der Waals surface area contributed by atoms with Gasteiger partial charge < -0.3 is 10.3 Å². The number of rotatable bonds is 5. The number of aromatic nitrogens is 3. The Kier molecular flexibility index (Phi) is 5.06. The molecule has 1 aliphatic rings. The lowest BCUT2D eigenvalue weighted by Gasteiger charge is -2.21. The van der Waals surface area contributed by atoms with Crippen molar-refractivity contribution in [1.82, 2.24) is 14.8 Å². The molecule has 1 aromatic rings. The van der Waals surface area contributed by atoms with Gasteiger partial charge in [0.2, 0.25) is 0 Å². The van der Waals surface area contributed by atoms with Crippen LogP contribution in [0.25, 0.3) is 0 Å². The number of nitrogens with two attached hydrogens (primary N) is 1. The van der Waals surface area contributed by atoms with Crippen molar-refractivity contribution in [3.63, 3.8) is 0 Å². The molecular weight excluding hydrogens is 244 g/mol. The zero-order valence-corrected chi connectivity index (χ0v) is 12.2. The van der Waals surface area contributed by atoms with Crippen LogP contribution in [0.1, 0.15) is 57.8 Å². The van der Waals surface area contributed by atoms with E-state index in [-0.39, 0.29) is 0 Å². The highest BCUT2D eigenvalue weighted by molar-refractivity contribution is 7.99. The molecule has 0 saturated heterocycles. The van der Waals surface area contributed by atoms with E-state index in [1.165, 1.54) is 37.9 Å². The maximum absolute atomic E-state index is 5.71. The van der Waals surface area contributed by atoms with Crippen molar-refractivity contribution in [2.24, 2.45) is 11.7 Å². The van der Waals surface area contributed by atoms with Gasteiger partial charge in [0, 0.05) is 11.8 Å². The van der Waals surface area contributed by atoms with Gasteiger partial charge in [0.25, 0.3) is 0 Å². The quantitative estimate of drug-likeness (QED) is 0.834. The Morgan fingerprint density at radius 3 is 2.61 bits per heavy atom. The molecule has 1 aliphatic carbocycles. The molecule has 1 saturated carbocycles. The first-order valence-corrected chi connectivity index (χ1v) is 7.97. The molecular formula is C13H24N4S. The Morgan fingerprint density at radius 1 is 1.28 bits per heavy atom. The predicted octanol–water partition coefficient (Wildman–Crippen LogP) is 2.99. The van der Waals surface area contributed by atoms with Gasteiger partial charge >= 0.3 is 0 Å². The molecule has 5 heteroatoms. The summed E-state index contributed by atoms with van der Waals surface area (Å²) in [6, 6.07) is 0.382. The average molecular weight is 268 g/mol. The van der Waals surface area contributed by atoms with Crippen LogP contribution in [0.2, 0.25) is 0 Å². The summed E-state index contributed by atoms with van der Waals surface area (Å²) in [4.78, 5) is 0. The topological polar surface area (TPSA) is 56.7 Å². The lowest BCUT2D eigenvalue weighted by molar-refractivity contribution is 0.390. The zero-order chi connectivity index (χ0) is 13.0. The van der Waals surface area contributed by atoms with Crippen LogP contribution in [0, 0.1) is 5.92 Å². The second-order valence-electron chi connectivity index (χ2n) is 5.38. The third-order valence-corrected chi connectivity index (χ3v) is 4.78. The molecule has 0 spiro atoms. The Morgan fingerprint density at radius 2 is 2.00 bits per heavy atom. The third kappa shape index (κ3) is 3.26. The van der Waals surface area contributed by atoms with Crippen LogP contribution in [0.3, 0.4) is 0 Å². The first kappa shape index (κ1) is 13.9. The molecule has 1 fully saturated rings. The third-order valence-electron chi connectivity index (χ3n) is 3.61. The lowest BCUT2D eigenvalue weighted by Crippen LogP contribution is -2.13. The van der Waals surface area contributed by atoms with Crippen molar-refractivity contribution in [3.8, 4) is 0 Å². The fourth-order valence-corrected chi connectivity index (χ4v) is 3.88. The maximum Gasteiger partial charge on any atom is 0.191 e. The molecule has 18 heavy (non-hydrogen) atoms. The Bertz CT molecular complexity index is 369. The second-order valence-corrected chi connectivity index (χ2v) is 6.37. The lowest BCUT2D eigenvalue weighted by atomic mass is 9.91. The van der Waals surface area contributed by atoms with E-state index in [4.69, 9.17) is 5.73 Å². The van der Waals surface area contributed by atoms with E-state index in [9.17, 15) is 0 Å². The normalized spacial score (nSPS) is 17.6. The molecule has 2 N–H and O–H groups in total. The number of nitrogens with zero attached hydrogens (tertiary/aromatic N) is 3. The van der Waals surface area contributed by atoms with Gasteiger partial charge in [-0.2, -0.15) is 0 Å². The Hall–Kier alpha value is -0.550. The van der Waals surface area contributed by atoms with Crippen molar-refractivity contribution in [2.75, 3.05) is 5.75 Å². The highest BCUT2D eigenvalue weighted by atomic mass is 32.2. The van der Waals surface area contributed by atoms with Crippen molar-refractivity contribution < 1.29 is 0 Å². The minimum Gasteiger partial charge on any atom is -0.324 e. The van der Waals surface area contributed by atoms with E-state index >= 15 is 0 Å². The summed E-state index contributed by atoms with van der Waals surface area (Å²) in [5.41, 5.74) is 5.71. The van der Waals surface area contributed by atoms with Gasteiger partial charge in [-0.15, -0.1) is 10.2 Å². The number of thioether (sulfide) groups is 1. The van der Waals surface area contributed by atoms with Gasteiger partial charge in [-0.05, 0) is 32.6 Å². The van der Waals surface area contributed by atoms with Crippen molar-refractivity contribution >= 4 is 11.8 Å². The number of hydrogen-bond donors (Lipinski definition) is 1. The highest BCUT2D eigenvalue weighted by Gasteiger charge is 2.18. The minimum absolute atomic E-state index is 0.382. The Labute approximate surface area is 114 Å². The molecule has 0 unspecified atom stereocenters. The fraction of sp³-hybridized carbons (Fsp3) is 0.846. The fourth-order valence-electron chi connectivity index (χ4n) is 2.61. The molecule has 0 aromatic carbocycles. The maximum atomic E-state index is 5.71. The first-order valence-electron chi connectivity index (χ1n) is 6.99. The van der Waals surface area contributed by atoms with Gasteiger partial charge in [-0.3, -0.25) is 0 Å². The van der Waals surface area contributed by atoms with E-state index in [0.29, 0.717) is 12.6 Å². The average Bonchev–Trinajstić information content (AvgIpc) is 2.80. The van der Waals surface area contributed by atoms with E-state index in [0.717, 1.165) is 16.9 Å². The molecule has 4 nitrogen and oxygen atoms in total. The SMILES string of the molecule is CC(C)n1c(CN)nnc1SCC1CCCCC1. The van der Waals surface area contributed by atoms with Crippen LogP contribution in [-0.4, -0.2) is 20.5 Å². The van der Waals surface area contributed by atoms with E-state index in [1.807, 2.05) is 11.8 Å². The molecule has 1 heterocycles. The first-order chi connectivity index (χ1) is 8.72. The van der Waals surface area contributed by atoms with E-state index < -0.39 is 0 Å². The molecule has 0 atom stereocenters. The summed E-state index contributed by atoms with van der Waals surface area (Å²) >= 11 is 1.85. The minimum atomic E-state index is 0.382. The van der Waals surface area contributed by atoms with Crippen LogP contribution in [0.4, 0.5) is 0 Å². The second kappa shape index (κ2) is 6.57. The standard InChI is InChI=1S/C13H24N4S/c1-10(2)17-12(8-14)15-16-13(17)18-9-11-6-4-3-5-7-11/h10-11H,3-9,14H2,1-2H3. The molecule has 1 aromatic heterocycles. The molecule has 0 amide bonds. The Balaban J connectivity index is 1.97. The summed E-state index contributed by atoms with van der Waals surface area (Å²) in [6.07, 6.45) is 6.98. The van der Waals surface area contributed by atoms with Gasteiger partial charge in [0.1, 0.15) is 5.82 Å². The molecule has 102 valence electrons. The van der Waals surface area contributed by atoms with Crippen molar-refractivity contribution in [2.45, 2.75) is 63.7 Å². The molecule has 0 aliphatic heterocycles. The largest absolute Gasteiger partial charge is 0.324 e. The predicted molar refractivity (Wildman–Crippen MR) is 75.6 cm³/mol. The smallest absolute Gasteiger partial charge is 0.191 e. The van der Waals surface area contributed by atoms with E-state index in [2.05, 4.69) is 28.6 Å². The van der Waals surface area contributed by atoms with Crippen LogP contribution in [0.15, 0.2) is 5.16 Å². The van der Waals surface area contributed by atoms with E-state index in [1.54, 1.807) is 0 Å². The van der Waals surface area contributed by atoms with Crippen molar-refractivity contribution in [3.05, 3.63) is 5.82 Å². The number of hydrogen-bond acceptors (Lipinski definition) is 4. The van der Waals surface area contributed by atoms with Gasteiger partial charge in [-0.1, -0.05) is 31.0 Å². The monoisotopic (exact) mass is 268 g/mol. The van der Waals surface area contributed by atoms with Crippen LogP contribution in [-0.2, 0) is 6.54 Å².